The summed E-state index contributed by atoms with van der Waals surface area (Å²) in [5.41, 5.74) is 1.67. The highest BCUT2D eigenvalue weighted by Gasteiger charge is 2.21. The lowest BCUT2D eigenvalue weighted by Crippen LogP contribution is -1.97. The van der Waals surface area contributed by atoms with E-state index >= 15 is 0 Å². The average molecular weight is 404 g/mol. The predicted molar refractivity (Wildman–Crippen MR) is 92.2 cm³/mol. The van der Waals surface area contributed by atoms with Gasteiger partial charge in [-0.2, -0.15) is 10.4 Å². The number of halogens is 3. The highest BCUT2D eigenvalue weighted by molar-refractivity contribution is 9.10. The van der Waals surface area contributed by atoms with Crippen LogP contribution in [0.5, 0.6) is 11.6 Å². The first-order valence-electron chi connectivity index (χ1n) is 7.27. The summed E-state index contributed by atoms with van der Waals surface area (Å²) < 4.78 is 35.4. The summed E-state index contributed by atoms with van der Waals surface area (Å²) in [6.07, 6.45) is 0. The Kier molecular flexibility index (Phi) is 4.55. The number of hydrogen-bond acceptors (Lipinski definition) is 3. The summed E-state index contributed by atoms with van der Waals surface area (Å²) in [7, 11) is 1.67. The van der Waals surface area contributed by atoms with E-state index in [9.17, 15) is 8.78 Å². The van der Waals surface area contributed by atoms with Crippen molar-refractivity contribution in [3.63, 3.8) is 0 Å². The van der Waals surface area contributed by atoms with E-state index in [2.05, 4.69) is 21.0 Å². The molecule has 3 rings (SSSR count). The van der Waals surface area contributed by atoms with E-state index in [1.165, 1.54) is 16.8 Å². The van der Waals surface area contributed by atoms with Crippen molar-refractivity contribution in [2.24, 2.45) is 7.05 Å². The van der Waals surface area contributed by atoms with Gasteiger partial charge in [0.2, 0.25) is 5.88 Å². The van der Waals surface area contributed by atoms with Crippen molar-refractivity contribution in [1.29, 1.82) is 5.26 Å². The highest BCUT2D eigenvalue weighted by Crippen LogP contribution is 2.39. The molecule has 0 radical (unpaired) electrons. The Morgan fingerprint density at radius 1 is 1.20 bits per heavy atom. The molecule has 2 aromatic carbocycles. The van der Waals surface area contributed by atoms with Gasteiger partial charge in [-0.15, -0.1) is 0 Å². The molecule has 0 amide bonds. The highest BCUT2D eigenvalue weighted by atomic mass is 79.9. The number of rotatable bonds is 3. The van der Waals surface area contributed by atoms with Crippen LogP contribution >= 0.6 is 15.9 Å². The second kappa shape index (κ2) is 6.65. The van der Waals surface area contributed by atoms with Crippen LogP contribution in [0.4, 0.5) is 8.78 Å². The van der Waals surface area contributed by atoms with Crippen molar-refractivity contribution in [2.75, 3.05) is 0 Å². The van der Waals surface area contributed by atoms with Crippen molar-refractivity contribution >= 4 is 15.9 Å². The van der Waals surface area contributed by atoms with Crippen molar-refractivity contribution in [2.45, 2.75) is 6.92 Å². The maximum atomic E-state index is 14.2. The summed E-state index contributed by atoms with van der Waals surface area (Å²) in [6.45, 7) is 1.72. The first-order valence-corrected chi connectivity index (χ1v) is 8.06. The minimum absolute atomic E-state index is 0.201. The molecule has 0 aliphatic rings. The lowest BCUT2D eigenvalue weighted by molar-refractivity contribution is 0.429. The fourth-order valence-corrected chi connectivity index (χ4v) is 2.97. The molecular weight excluding hydrogens is 392 g/mol. The quantitative estimate of drug-likeness (QED) is 0.611. The largest absolute Gasteiger partial charge is 0.437 e. The van der Waals surface area contributed by atoms with Crippen LogP contribution < -0.4 is 4.74 Å². The van der Waals surface area contributed by atoms with E-state index in [0.29, 0.717) is 32.9 Å². The molecule has 25 heavy (non-hydrogen) atoms. The molecule has 0 saturated heterocycles. The fourth-order valence-electron chi connectivity index (χ4n) is 2.51. The molecule has 0 saturated carbocycles. The van der Waals surface area contributed by atoms with Gasteiger partial charge in [0.25, 0.3) is 0 Å². The second-order valence-corrected chi connectivity index (χ2v) is 6.23. The Balaban J connectivity index is 2.10. The van der Waals surface area contributed by atoms with E-state index in [0.717, 1.165) is 6.07 Å². The molecule has 0 N–H and O–H groups in total. The molecule has 4 nitrogen and oxygen atoms in total. The summed E-state index contributed by atoms with van der Waals surface area (Å²) in [4.78, 5) is 0. The van der Waals surface area contributed by atoms with Gasteiger partial charge in [0.15, 0.2) is 0 Å². The lowest BCUT2D eigenvalue weighted by atomic mass is 10.1. The monoisotopic (exact) mass is 403 g/mol. The Hall–Kier alpha value is -2.72. The minimum Gasteiger partial charge on any atom is -0.437 e. The molecule has 3 aromatic rings. The smallest absolute Gasteiger partial charge is 0.225 e. The number of hydrogen-bond donors (Lipinski definition) is 0. The number of aryl methyl sites for hydroxylation is 2. The molecule has 7 heteroatoms. The second-order valence-electron chi connectivity index (χ2n) is 5.37. The first-order chi connectivity index (χ1) is 11.9. The lowest BCUT2D eigenvalue weighted by Gasteiger charge is -2.11. The average Bonchev–Trinajstić information content (AvgIpc) is 2.83. The molecule has 0 fully saturated rings. The zero-order valence-corrected chi connectivity index (χ0v) is 14.9. The van der Waals surface area contributed by atoms with Gasteiger partial charge >= 0.3 is 0 Å². The molecule has 1 aromatic heterocycles. The van der Waals surface area contributed by atoms with Gasteiger partial charge in [0.1, 0.15) is 17.4 Å². The first kappa shape index (κ1) is 17.1. The van der Waals surface area contributed by atoms with Crippen molar-refractivity contribution < 1.29 is 13.5 Å². The zero-order valence-electron chi connectivity index (χ0n) is 13.3. The van der Waals surface area contributed by atoms with Gasteiger partial charge in [-0.1, -0.05) is 0 Å². The summed E-state index contributed by atoms with van der Waals surface area (Å²) in [6, 6.07) is 10.3. The molecule has 0 bridgehead atoms. The van der Waals surface area contributed by atoms with Crippen LogP contribution in [0.25, 0.3) is 11.1 Å². The predicted octanol–water partition coefficient (Wildman–Crippen LogP) is 5.10. The standard InChI is InChI=1S/C18H12BrF2N3O/c1-10-17(13-5-4-12(20)8-15(13)21)18(24(2)23-10)25-16-6-3-11(9-22)7-14(16)19/h3-8H,1-2H3. The van der Waals surface area contributed by atoms with Crippen LogP contribution in [-0.2, 0) is 7.05 Å². The van der Waals surface area contributed by atoms with Crippen LogP contribution in [0.2, 0.25) is 0 Å². The van der Waals surface area contributed by atoms with E-state index in [1.54, 1.807) is 32.2 Å². The molecule has 0 aliphatic carbocycles. The number of nitriles is 1. The Morgan fingerprint density at radius 2 is 1.96 bits per heavy atom. The van der Waals surface area contributed by atoms with Crippen LogP contribution in [0.15, 0.2) is 40.9 Å². The Morgan fingerprint density at radius 3 is 2.60 bits per heavy atom. The maximum absolute atomic E-state index is 14.2. The van der Waals surface area contributed by atoms with E-state index in [4.69, 9.17) is 10.00 Å². The molecule has 126 valence electrons. The van der Waals surface area contributed by atoms with Crippen molar-refractivity contribution in [1.82, 2.24) is 9.78 Å². The van der Waals surface area contributed by atoms with Crippen molar-refractivity contribution in [3.05, 3.63) is 63.8 Å². The molecular formula is C18H12BrF2N3O. The fraction of sp³-hybridized carbons (Fsp3) is 0.111. The van der Waals surface area contributed by atoms with E-state index < -0.39 is 11.6 Å². The molecule has 0 unspecified atom stereocenters. The number of benzene rings is 2. The normalized spacial score (nSPS) is 10.6. The Bertz CT molecular complexity index is 1010. The maximum Gasteiger partial charge on any atom is 0.225 e. The SMILES string of the molecule is Cc1nn(C)c(Oc2ccc(C#N)cc2Br)c1-c1ccc(F)cc1F. The minimum atomic E-state index is -0.695. The van der Waals surface area contributed by atoms with Gasteiger partial charge in [-0.25, -0.2) is 13.5 Å². The van der Waals surface area contributed by atoms with Crippen LogP contribution in [0.1, 0.15) is 11.3 Å². The van der Waals surface area contributed by atoms with Gasteiger partial charge in [0.05, 0.1) is 27.4 Å². The third kappa shape index (κ3) is 3.26. The summed E-state index contributed by atoms with van der Waals surface area (Å²) in [5.74, 6) is -0.584. The van der Waals surface area contributed by atoms with Crippen LogP contribution in [0.3, 0.4) is 0 Å². The molecule has 0 atom stereocenters. The summed E-state index contributed by atoms with van der Waals surface area (Å²) >= 11 is 3.35. The number of aromatic nitrogens is 2. The van der Waals surface area contributed by atoms with Crippen LogP contribution in [0, 0.1) is 29.9 Å². The third-order valence-corrected chi connectivity index (χ3v) is 4.26. The van der Waals surface area contributed by atoms with E-state index in [-0.39, 0.29) is 5.56 Å². The molecule has 1 heterocycles. The van der Waals surface area contributed by atoms with Crippen LogP contribution in [-0.4, -0.2) is 9.78 Å². The van der Waals surface area contributed by atoms with Gasteiger partial charge in [0, 0.05) is 18.7 Å². The Labute approximate surface area is 151 Å². The van der Waals surface area contributed by atoms with Crippen molar-refractivity contribution in [3.8, 4) is 28.8 Å². The van der Waals surface area contributed by atoms with E-state index in [1.807, 2.05) is 6.07 Å². The topological polar surface area (TPSA) is 50.8 Å². The summed E-state index contributed by atoms with van der Waals surface area (Å²) in [5, 5.41) is 13.2. The van der Waals surface area contributed by atoms with Gasteiger partial charge in [-0.3, -0.25) is 0 Å². The number of nitrogens with zero attached hydrogens (tertiary/aromatic N) is 3. The van der Waals surface area contributed by atoms with Gasteiger partial charge in [-0.05, 0) is 53.2 Å². The molecule has 0 spiro atoms. The number of ether oxygens (including phenoxy) is 1. The third-order valence-electron chi connectivity index (χ3n) is 3.64. The molecule has 0 aliphatic heterocycles. The van der Waals surface area contributed by atoms with Gasteiger partial charge < -0.3 is 4.74 Å². The zero-order chi connectivity index (χ0) is 18.1.